The molecule has 0 aromatic heterocycles. The Hall–Kier alpha value is -0.860. The highest BCUT2D eigenvalue weighted by Gasteiger charge is 2.37. The zero-order valence-electron chi connectivity index (χ0n) is 10.4. The second-order valence-corrected chi connectivity index (χ2v) is 4.98. The van der Waals surface area contributed by atoms with Gasteiger partial charge in [0.05, 0.1) is 0 Å². The van der Waals surface area contributed by atoms with Crippen molar-refractivity contribution in [3.05, 3.63) is 35.4 Å². The normalized spacial score (nSPS) is 26.2. The molecule has 1 unspecified atom stereocenters. The van der Waals surface area contributed by atoms with E-state index in [1.807, 2.05) is 0 Å². The van der Waals surface area contributed by atoms with Crippen molar-refractivity contribution in [2.75, 3.05) is 26.7 Å². The molecule has 1 fully saturated rings. The van der Waals surface area contributed by atoms with Gasteiger partial charge in [-0.15, -0.1) is 0 Å². The molecule has 1 saturated heterocycles. The minimum absolute atomic E-state index is 0.196. The molecule has 1 aliphatic rings. The molecule has 0 aliphatic carbocycles. The number of likely N-dealkylation sites (tertiary alicyclic amines) is 1. The van der Waals surface area contributed by atoms with Crippen LogP contribution in [0.3, 0.4) is 0 Å². The molecule has 2 rings (SSSR count). The van der Waals surface area contributed by atoms with Gasteiger partial charge in [-0.05, 0) is 37.6 Å². The van der Waals surface area contributed by atoms with E-state index >= 15 is 0 Å². The minimum Gasteiger partial charge on any atom is -0.330 e. The third-order valence-corrected chi connectivity index (χ3v) is 3.91. The van der Waals surface area contributed by atoms with Crippen molar-refractivity contribution < 1.29 is 0 Å². The van der Waals surface area contributed by atoms with E-state index in [1.54, 1.807) is 0 Å². The lowest BCUT2D eigenvalue weighted by Gasteiger charge is -2.30. The molecule has 0 radical (unpaired) electrons. The van der Waals surface area contributed by atoms with Crippen LogP contribution < -0.4 is 5.73 Å². The molecule has 0 spiro atoms. The van der Waals surface area contributed by atoms with Crippen LogP contribution in [0.5, 0.6) is 0 Å². The fourth-order valence-corrected chi connectivity index (χ4v) is 2.92. The second-order valence-electron chi connectivity index (χ2n) is 4.98. The summed E-state index contributed by atoms with van der Waals surface area (Å²) in [5.41, 5.74) is 9.19. The highest BCUT2D eigenvalue weighted by atomic mass is 15.1. The van der Waals surface area contributed by atoms with Crippen LogP contribution in [0, 0.1) is 0 Å². The van der Waals surface area contributed by atoms with Gasteiger partial charge in [0.2, 0.25) is 0 Å². The summed E-state index contributed by atoms with van der Waals surface area (Å²) in [6.07, 6.45) is 2.29. The Balaban J connectivity index is 2.40. The molecule has 2 N–H and O–H groups in total. The Kier molecular flexibility index (Phi) is 3.31. The van der Waals surface area contributed by atoms with Crippen molar-refractivity contribution in [2.45, 2.75) is 25.2 Å². The van der Waals surface area contributed by atoms with E-state index in [0.29, 0.717) is 0 Å². The smallest absolute Gasteiger partial charge is 0.0217 e. The van der Waals surface area contributed by atoms with Gasteiger partial charge >= 0.3 is 0 Å². The summed E-state index contributed by atoms with van der Waals surface area (Å²) in [6, 6.07) is 8.78. The Morgan fingerprint density at radius 2 is 2.12 bits per heavy atom. The SMILES string of the molecule is CCc1ccccc1C1(CN)CCN(C)C1. The first-order valence-electron chi connectivity index (χ1n) is 6.19. The summed E-state index contributed by atoms with van der Waals surface area (Å²) < 4.78 is 0. The summed E-state index contributed by atoms with van der Waals surface area (Å²) >= 11 is 0. The molecule has 88 valence electrons. The molecule has 0 bridgehead atoms. The third kappa shape index (κ3) is 1.87. The Morgan fingerprint density at radius 3 is 2.69 bits per heavy atom. The number of rotatable bonds is 3. The number of hydrogen-bond donors (Lipinski definition) is 1. The molecular formula is C14H22N2. The van der Waals surface area contributed by atoms with Crippen LogP contribution in [0.15, 0.2) is 24.3 Å². The summed E-state index contributed by atoms with van der Waals surface area (Å²) in [5.74, 6) is 0. The van der Waals surface area contributed by atoms with E-state index in [0.717, 1.165) is 26.1 Å². The maximum absolute atomic E-state index is 6.06. The van der Waals surface area contributed by atoms with Crippen molar-refractivity contribution in [3.63, 3.8) is 0 Å². The monoisotopic (exact) mass is 218 g/mol. The van der Waals surface area contributed by atoms with Crippen molar-refractivity contribution in [1.29, 1.82) is 0 Å². The van der Waals surface area contributed by atoms with Gasteiger partial charge < -0.3 is 10.6 Å². The molecule has 0 saturated carbocycles. The molecule has 16 heavy (non-hydrogen) atoms. The summed E-state index contributed by atoms with van der Waals surface area (Å²) in [7, 11) is 2.19. The topological polar surface area (TPSA) is 29.3 Å². The van der Waals surface area contributed by atoms with E-state index < -0.39 is 0 Å². The molecule has 1 atom stereocenters. The largest absolute Gasteiger partial charge is 0.330 e. The van der Waals surface area contributed by atoms with E-state index in [-0.39, 0.29) is 5.41 Å². The number of hydrogen-bond acceptors (Lipinski definition) is 2. The fourth-order valence-electron chi connectivity index (χ4n) is 2.92. The quantitative estimate of drug-likeness (QED) is 0.838. The van der Waals surface area contributed by atoms with Crippen LogP contribution >= 0.6 is 0 Å². The standard InChI is InChI=1S/C14H22N2/c1-3-12-6-4-5-7-13(12)14(10-15)8-9-16(2)11-14/h4-7H,3,8-11,15H2,1-2H3. The van der Waals surface area contributed by atoms with Gasteiger partial charge in [0, 0.05) is 18.5 Å². The molecule has 1 aliphatic heterocycles. The fraction of sp³-hybridized carbons (Fsp3) is 0.571. The molecular weight excluding hydrogens is 196 g/mol. The van der Waals surface area contributed by atoms with E-state index in [9.17, 15) is 0 Å². The maximum Gasteiger partial charge on any atom is 0.0217 e. The molecule has 0 amide bonds. The third-order valence-electron chi connectivity index (χ3n) is 3.91. The van der Waals surface area contributed by atoms with E-state index in [4.69, 9.17) is 5.73 Å². The Labute approximate surface area is 98.4 Å². The first-order valence-corrected chi connectivity index (χ1v) is 6.19. The van der Waals surface area contributed by atoms with E-state index in [1.165, 1.54) is 17.5 Å². The first kappa shape index (κ1) is 11.6. The first-order chi connectivity index (χ1) is 7.72. The van der Waals surface area contributed by atoms with Crippen LogP contribution in [0.1, 0.15) is 24.5 Å². The molecule has 1 heterocycles. The van der Waals surface area contributed by atoms with Gasteiger partial charge in [-0.1, -0.05) is 31.2 Å². The highest BCUT2D eigenvalue weighted by molar-refractivity contribution is 5.36. The predicted molar refractivity (Wildman–Crippen MR) is 68.7 cm³/mol. The van der Waals surface area contributed by atoms with Crippen molar-refractivity contribution >= 4 is 0 Å². The lowest BCUT2D eigenvalue weighted by atomic mass is 9.77. The van der Waals surface area contributed by atoms with Gasteiger partial charge in [0.15, 0.2) is 0 Å². The highest BCUT2D eigenvalue weighted by Crippen LogP contribution is 2.35. The van der Waals surface area contributed by atoms with Crippen LogP contribution in [0.25, 0.3) is 0 Å². The molecule has 1 aromatic carbocycles. The Bertz CT molecular complexity index is 362. The second kappa shape index (κ2) is 4.56. The van der Waals surface area contributed by atoms with Crippen LogP contribution in [-0.2, 0) is 11.8 Å². The van der Waals surface area contributed by atoms with Gasteiger partial charge in [0.25, 0.3) is 0 Å². The number of likely N-dealkylation sites (N-methyl/N-ethyl adjacent to an activating group) is 1. The van der Waals surface area contributed by atoms with Gasteiger partial charge in [0.1, 0.15) is 0 Å². The van der Waals surface area contributed by atoms with Gasteiger partial charge in [-0.3, -0.25) is 0 Å². The summed E-state index contributed by atoms with van der Waals surface area (Å²) in [6.45, 7) is 5.24. The maximum atomic E-state index is 6.06. The zero-order chi connectivity index (χ0) is 11.6. The van der Waals surface area contributed by atoms with E-state index in [2.05, 4.69) is 43.1 Å². The Morgan fingerprint density at radius 1 is 1.38 bits per heavy atom. The summed E-state index contributed by atoms with van der Waals surface area (Å²) in [5, 5.41) is 0. The minimum atomic E-state index is 0.196. The molecule has 1 aromatic rings. The number of nitrogens with zero attached hydrogens (tertiary/aromatic N) is 1. The number of aryl methyl sites for hydroxylation is 1. The zero-order valence-corrected chi connectivity index (χ0v) is 10.4. The molecule has 2 heteroatoms. The molecule has 2 nitrogen and oxygen atoms in total. The van der Waals surface area contributed by atoms with Crippen molar-refractivity contribution in [2.24, 2.45) is 5.73 Å². The number of nitrogens with two attached hydrogens (primary N) is 1. The lowest BCUT2D eigenvalue weighted by molar-refractivity contribution is 0.370. The van der Waals surface area contributed by atoms with Gasteiger partial charge in [-0.2, -0.15) is 0 Å². The lowest BCUT2D eigenvalue weighted by Crippen LogP contribution is -2.38. The van der Waals surface area contributed by atoms with Crippen LogP contribution in [0.2, 0.25) is 0 Å². The average molecular weight is 218 g/mol. The summed E-state index contributed by atoms with van der Waals surface area (Å²) in [4.78, 5) is 2.39. The average Bonchev–Trinajstić information content (AvgIpc) is 2.72. The van der Waals surface area contributed by atoms with Crippen molar-refractivity contribution in [1.82, 2.24) is 4.90 Å². The van der Waals surface area contributed by atoms with Gasteiger partial charge in [-0.25, -0.2) is 0 Å². The van der Waals surface area contributed by atoms with Crippen molar-refractivity contribution in [3.8, 4) is 0 Å². The predicted octanol–water partition coefficient (Wildman–Crippen LogP) is 1.78. The van der Waals surface area contributed by atoms with Crippen LogP contribution in [0.4, 0.5) is 0 Å². The number of benzene rings is 1. The van der Waals surface area contributed by atoms with Crippen LogP contribution in [-0.4, -0.2) is 31.6 Å².